The van der Waals surface area contributed by atoms with Gasteiger partial charge in [-0.3, -0.25) is 9.80 Å². The highest BCUT2D eigenvalue weighted by Crippen LogP contribution is 2.42. The van der Waals surface area contributed by atoms with E-state index in [1.807, 2.05) is 0 Å². The van der Waals surface area contributed by atoms with Gasteiger partial charge in [-0.25, -0.2) is 0 Å². The maximum absolute atomic E-state index is 2.85. The predicted octanol–water partition coefficient (Wildman–Crippen LogP) is 2.73. The molecule has 0 N–H and O–H groups in total. The minimum Gasteiger partial charge on any atom is -0.298 e. The lowest BCUT2D eigenvalue weighted by molar-refractivity contribution is 0.00813. The fraction of sp³-hybridized carbons (Fsp3) is 1.00. The lowest BCUT2D eigenvalue weighted by Crippen LogP contribution is -2.59. The average Bonchev–Trinajstić information content (AvgIpc) is 3.08. The van der Waals surface area contributed by atoms with Crippen molar-refractivity contribution in [2.45, 2.75) is 70.5 Å². The highest BCUT2D eigenvalue weighted by Gasteiger charge is 2.45. The lowest BCUT2D eigenvalue weighted by atomic mass is 9.97. The van der Waals surface area contributed by atoms with Gasteiger partial charge in [-0.1, -0.05) is 19.8 Å². The van der Waals surface area contributed by atoms with E-state index in [9.17, 15) is 0 Å². The number of hydrogen-bond donors (Lipinski definition) is 0. The van der Waals surface area contributed by atoms with Crippen molar-refractivity contribution in [3.63, 3.8) is 0 Å². The average molecular weight is 236 g/mol. The van der Waals surface area contributed by atoms with Crippen LogP contribution in [0.1, 0.15) is 52.4 Å². The summed E-state index contributed by atoms with van der Waals surface area (Å²) in [6.07, 6.45) is 8.68. The molecule has 3 rings (SSSR count). The third-order valence-corrected chi connectivity index (χ3v) is 5.21. The first kappa shape index (κ1) is 12.0. The number of hydrogen-bond acceptors (Lipinski definition) is 2. The quantitative estimate of drug-likeness (QED) is 0.743. The molecule has 2 aliphatic heterocycles. The summed E-state index contributed by atoms with van der Waals surface area (Å²) in [5, 5.41) is 0. The summed E-state index contributed by atoms with van der Waals surface area (Å²) >= 11 is 0. The molecule has 0 aromatic carbocycles. The van der Waals surface area contributed by atoms with Crippen LogP contribution in [0, 0.1) is 5.92 Å². The number of rotatable bonds is 3. The van der Waals surface area contributed by atoms with E-state index in [2.05, 4.69) is 23.6 Å². The van der Waals surface area contributed by atoms with Crippen LogP contribution in [0.5, 0.6) is 0 Å². The van der Waals surface area contributed by atoms with Gasteiger partial charge in [0.15, 0.2) is 0 Å². The monoisotopic (exact) mass is 236 g/mol. The molecule has 0 amide bonds. The van der Waals surface area contributed by atoms with Crippen molar-refractivity contribution in [3.8, 4) is 0 Å². The molecule has 2 heteroatoms. The number of fused-ring (bicyclic) bond motifs is 1. The van der Waals surface area contributed by atoms with Crippen molar-refractivity contribution in [1.29, 1.82) is 0 Å². The van der Waals surface area contributed by atoms with Gasteiger partial charge >= 0.3 is 0 Å². The summed E-state index contributed by atoms with van der Waals surface area (Å²) < 4.78 is 0. The normalized spacial score (nSPS) is 43.4. The Balaban J connectivity index is 1.59. The van der Waals surface area contributed by atoms with Crippen molar-refractivity contribution >= 4 is 0 Å². The molecule has 0 aromatic heterocycles. The van der Waals surface area contributed by atoms with Crippen molar-refractivity contribution < 1.29 is 0 Å². The fourth-order valence-electron chi connectivity index (χ4n) is 4.16. The Morgan fingerprint density at radius 1 is 1.18 bits per heavy atom. The molecule has 3 fully saturated rings. The molecule has 1 aliphatic carbocycles. The van der Waals surface area contributed by atoms with Gasteiger partial charge in [0, 0.05) is 31.2 Å². The van der Waals surface area contributed by atoms with Crippen LogP contribution >= 0.6 is 0 Å². The Morgan fingerprint density at radius 2 is 2.06 bits per heavy atom. The molecule has 2 heterocycles. The van der Waals surface area contributed by atoms with Crippen LogP contribution in [0.3, 0.4) is 0 Å². The van der Waals surface area contributed by atoms with E-state index in [1.54, 1.807) is 0 Å². The van der Waals surface area contributed by atoms with E-state index >= 15 is 0 Å². The third kappa shape index (κ3) is 2.39. The smallest absolute Gasteiger partial charge is 0.0224 e. The maximum atomic E-state index is 2.85. The van der Waals surface area contributed by atoms with Gasteiger partial charge in [0.25, 0.3) is 0 Å². The van der Waals surface area contributed by atoms with Gasteiger partial charge in [0.2, 0.25) is 0 Å². The fourth-order valence-corrected chi connectivity index (χ4v) is 4.16. The molecule has 2 saturated heterocycles. The van der Waals surface area contributed by atoms with E-state index in [0.29, 0.717) is 0 Å². The Bertz CT molecular complexity index is 264. The van der Waals surface area contributed by atoms with E-state index in [-0.39, 0.29) is 0 Å². The molecule has 98 valence electrons. The molecule has 4 unspecified atom stereocenters. The zero-order valence-corrected chi connectivity index (χ0v) is 11.6. The first-order valence-electron chi connectivity index (χ1n) is 7.79. The van der Waals surface area contributed by atoms with Gasteiger partial charge in [-0.05, 0) is 45.1 Å². The second kappa shape index (κ2) is 4.89. The Morgan fingerprint density at radius 3 is 2.88 bits per heavy atom. The van der Waals surface area contributed by atoms with Crippen molar-refractivity contribution in [3.05, 3.63) is 0 Å². The Kier molecular flexibility index (Phi) is 3.45. The summed E-state index contributed by atoms with van der Waals surface area (Å²) in [5.41, 5.74) is 0. The van der Waals surface area contributed by atoms with Crippen LogP contribution in [0.25, 0.3) is 0 Å². The Hall–Kier alpha value is -0.0800. The lowest BCUT2D eigenvalue weighted by Gasteiger charge is -2.48. The molecule has 0 aromatic rings. The largest absolute Gasteiger partial charge is 0.298 e. The van der Waals surface area contributed by atoms with Crippen LogP contribution < -0.4 is 0 Å². The first-order chi connectivity index (χ1) is 8.29. The third-order valence-electron chi connectivity index (χ3n) is 5.21. The summed E-state index contributed by atoms with van der Waals surface area (Å²) in [5.74, 6) is 1.04. The van der Waals surface area contributed by atoms with Gasteiger partial charge < -0.3 is 0 Å². The topological polar surface area (TPSA) is 6.48 Å². The molecular formula is C15H28N2. The molecule has 2 nitrogen and oxygen atoms in total. The SMILES string of the molecule is CCCC1CC1N1CC2CCCCN2CC1C. The predicted molar refractivity (Wildman–Crippen MR) is 72.2 cm³/mol. The standard InChI is InChI=1S/C15H28N2/c1-3-6-13-9-15(13)17-11-14-7-4-5-8-16(14)10-12(17)2/h12-15H,3-11H2,1-2H3. The minimum atomic E-state index is 0.802. The van der Waals surface area contributed by atoms with Crippen LogP contribution in [-0.2, 0) is 0 Å². The zero-order chi connectivity index (χ0) is 11.8. The summed E-state index contributed by atoms with van der Waals surface area (Å²) in [6, 6.07) is 2.65. The van der Waals surface area contributed by atoms with E-state index in [1.165, 1.54) is 58.2 Å². The molecule has 0 radical (unpaired) electrons. The van der Waals surface area contributed by atoms with Crippen LogP contribution in [-0.4, -0.2) is 47.6 Å². The maximum Gasteiger partial charge on any atom is 0.0224 e. The molecule has 1 saturated carbocycles. The van der Waals surface area contributed by atoms with Gasteiger partial charge in [0.1, 0.15) is 0 Å². The molecule has 0 bridgehead atoms. The molecular weight excluding hydrogens is 208 g/mol. The summed E-state index contributed by atoms with van der Waals surface area (Å²) in [7, 11) is 0. The van der Waals surface area contributed by atoms with E-state index in [0.717, 1.165) is 24.0 Å². The van der Waals surface area contributed by atoms with Gasteiger partial charge in [0.05, 0.1) is 0 Å². The van der Waals surface area contributed by atoms with Gasteiger partial charge in [-0.2, -0.15) is 0 Å². The van der Waals surface area contributed by atoms with Crippen molar-refractivity contribution in [1.82, 2.24) is 9.80 Å². The highest BCUT2D eigenvalue weighted by atomic mass is 15.3. The highest BCUT2D eigenvalue weighted by molar-refractivity contribution is 5.00. The molecule has 17 heavy (non-hydrogen) atoms. The van der Waals surface area contributed by atoms with Crippen LogP contribution in [0.15, 0.2) is 0 Å². The van der Waals surface area contributed by atoms with Crippen molar-refractivity contribution in [2.24, 2.45) is 5.92 Å². The number of nitrogens with zero attached hydrogens (tertiary/aromatic N) is 2. The Labute approximate surface area is 106 Å². The van der Waals surface area contributed by atoms with Crippen molar-refractivity contribution in [2.75, 3.05) is 19.6 Å². The summed E-state index contributed by atoms with van der Waals surface area (Å²) in [4.78, 5) is 5.62. The minimum absolute atomic E-state index is 0.802. The molecule has 4 atom stereocenters. The second-order valence-corrected chi connectivity index (χ2v) is 6.54. The second-order valence-electron chi connectivity index (χ2n) is 6.54. The molecule has 3 aliphatic rings. The number of piperazine rings is 1. The van der Waals surface area contributed by atoms with Crippen LogP contribution in [0.4, 0.5) is 0 Å². The first-order valence-corrected chi connectivity index (χ1v) is 7.79. The van der Waals surface area contributed by atoms with E-state index in [4.69, 9.17) is 0 Å². The van der Waals surface area contributed by atoms with Gasteiger partial charge in [-0.15, -0.1) is 0 Å². The van der Waals surface area contributed by atoms with E-state index < -0.39 is 0 Å². The molecule has 0 spiro atoms. The number of piperidine rings is 1. The zero-order valence-electron chi connectivity index (χ0n) is 11.6. The summed E-state index contributed by atoms with van der Waals surface area (Å²) in [6.45, 7) is 8.85. The van der Waals surface area contributed by atoms with Crippen LogP contribution in [0.2, 0.25) is 0 Å².